The van der Waals surface area contributed by atoms with Gasteiger partial charge in [-0.05, 0) is 44.5 Å². The third-order valence-corrected chi connectivity index (χ3v) is 4.85. The van der Waals surface area contributed by atoms with Crippen molar-refractivity contribution in [3.63, 3.8) is 0 Å². The molecule has 1 rings (SSSR count). The molecule has 1 aromatic carbocycles. The molecule has 0 spiro atoms. The molecule has 0 aliphatic rings. The van der Waals surface area contributed by atoms with Crippen molar-refractivity contribution in [1.29, 1.82) is 0 Å². The predicted molar refractivity (Wildman–Crippen MR) is 81.9 cm³/mol. The van der Waals surface area contributed by atoms with E-state index in [0.29, 0.717) is 12.2 Å². The molecule has 0 saturated heterocycles. The van der Waals surface area contributed by atoms with Crippen LogP contribution in [0.15, 0.2) is 29.2 Å². The second kappa shape index (κ2) is 7.74. The molecule has 0 heterocycles. The van der Waals surface area contributed by atoms with Gasteiger partial charge < -0.3 is 5.32 Å². The number of nitrogens with zero attached hydrogens (tertiary/aromatic N) is 1. The monoisotopic (exact) mass is 303 g/mol. The Labute approximate surface area is 119 Å². The molecule has 1 aromatic rings. The molecule has 0 bridgehead atoms. The smallest absolute Gasteiger partial charge is 0.301 e. The first-order valence-corrected chi connectivity index (χ1v) is 8.69. The predicted octanol–water partition coefficient (Wildman–Crippen LogP) is 1.61. The summed E-state index contributed by atoms with van der Waals surface area (Å²) in [6, 6.07) is 7.35. The highest BCUT2D eigenvalue weighted by Crippen LogP contribution is 2.20. The SMILES string of the molecule is CNCCCN(C)S(=O)(=O)Nc1cccc(SC)c1. The minimum absolute atomic E-state index is 0.485. The Balaban J connectivity index is 2.67. The summed E-state index contributed by atoms with van der Waals surface area (Å²) in [5.41, 5.74) is 0.590. The van der Waals surface area contributed by atoms with Crippen molar-refractivity contribution < 1.29 is 8.42 Å². The van der Waals surface area contributed by atoms with Crippen LogP contribution in [0.4, 0.5) is 5.69 Å². The van der Waals surface area contributed by atoms with Crippen LogP contribution in [0.2, 0.25) is 0 Å². The molecule has 0 unspecified atom stereocenters. The Morgan fingerprint density at radius 3 is 2.74 bits per heavy atom. The molecule has 0 radical (unpaired) electrons. The lowest BCUT2D eigenvalue weighted by Crippen LogP contribution is -2.34. The maximum Gasteiger partial charge on any atom is 0.301 e. The molecule has 0 saturated carbocycles. The maximum absolute atomic E-state index is 12.1. The summed E-state index contributed by atoms with van der Waals surface area (Å²) in [7, 11) is -0.0448. The van der Waals surface area contributed by atoms with E-state index in [1.54, 1.807) is 24.9 Å². The summed E-state index contributed by atoms with van der Waals surface area (Å²) < 4.78 is 28.1. The van der Waals surface area contributed by atoms with E-state index in [-0.39, 0.29) is 0 Å². The summed E-state index contributed by atoms with van der Waals surface area (Å²) in [5, 5.41) is 2.99. The quantitative estimate of drug-likeness (QED) is 0.566. The van der Waals surface area contributed by atoms with Gasteiger partial charge in [-0.15, -0.1) is 11.8 Å². The Bertz CT molecular complexity index is 492. The fourth-order valence-electron chi connectivity index (χ4n) is 1.51. The zero-order valence-corrected chi connectivity index (χ0v) is 13.1. The highest BCUT2D eigenvalue weighted by Gasteiger charge is 2.16. The Morgan fingerprint density at radius 2 is 2.11 bits per heavy atom. The van der Waals surface area contributed by atoms with Crippen molar-refractivity contribution >= 4 is 27.7 Å². The van der Waals surface area contributed by atoms with E-state index in [1.165, 1.54) is 4.31 Å². The Kier molecular flexibility index (Phi) is 6.64. The van der Waals surface area contributed by atoms with E-state index in [2.05, 4.69) is 10.0 Å². The van der Waals surface area contributed by atoms with Gasteiger partial charge in [0.05, 0.1) is 5.69 Å². The van der Waals surface area contributed by atoms with Crippen LogP contribution in [-0.4, -0.2) is 46.2 Å². The number of nitrogens with one attached hydrogen (secondary N) is 2. The molecule has 2 N–H and O–H groups in total. The summed E-state index contributed by atoms with van der Waals surface area (Å²) >= 11 is 1.58. The third kappa shape index (κ3) is 5.40. The van der Waals surface area contributed by atoms with Gasteiger partial charge in [-0.2, -0.15) is 12.7 Å². The Morgan fingerprint density at radius 1 is 1.37 bits per heavy atom. The van der Waals surface area contributed by atoms with Crippen molar-refractivity contribution in [1.82, 2.24) is 9.62 Å². The lowest BCUT2D eigenvalue weighted by molar-refractivity contribution is 0.462. The minimum atomic E-state index is -3.47. The van der Waals surface area contributed by atoms with Gasteiger partial charge in [-0.1, -0.05) is 6.07 Å². The van der Waals surface area contributed by atoms with Crippen molar-refractivity contribution in [2.45, 2.75) is 11.3 Å². The first-order valence-electron chi connectivity index (χ1n) is 6.02. The molecule has 0 aromatic heterocycles. The standard InChI is InChI=1S/C12H21N3O2S2/c1-13-8-5-9-15(2)19(16,17)14-11-6-4-7-12(10-11)18-3/h4,6-7,10,13-14H,5,8-9H2,1-3H3. The Hall–Kier alpha value is -0.760. The first-order chi connectivity index (χ1) is 8.99. The average molecular weight is 303 g/mol. The van der Waals surface area contributed by atoms with Crippen LogP contribution in [-0.2, 0) is 10.2 Å². The van der Waals surface area contributed by atoms with E-state index in [0.717, 1.165) is 17.9 Å². The third-order valence-electron chi connectivity index (χ3n) is 2.63. The largest absolute Gasteiger partial charge is 0.320 e. The van der Waals surface area contributed by atoms with Gasteiger partial charge in [0.25, 0.3) is 0 Å². The molecule has 19 heavy (non-hydrogen) atoms. The molecule has 108 valence electrons. The summed E-state index contributed by atoms with van der Waals surface area (Å²) in [6.45, 7) is 1.28. The highest BCUT2D eigenvalue weighted by molar-refractivity contribution is 7.98. The normalized spacial score (nSPS) is 11.8. The van der Waals surface area contributed by atoms with E-state index in [4.69, 9.17) is 0 Å². The molecule has 0 atom stereocenters. The number of hydrogen-bond acceptors (Lipinski definition) is 4. The van der Waals surface area contributed by atoms with Crippen LogP contribution in [0.3, 0.4) is 0 Å². The second-order valence-electron chi connectivity index (χ2n) is 4.12. The second-order valence-corrected chi connectivity index (χ2v) is 6.77. The molecule has 5 nitrogen and oxygen atoms in total. The van der Waals surface area contributed by atoms with Crippen molar-refractivity contribution in [2.24, 2.45) is 0 Å². The zero-order valence-electron chi connectivity index (χ0n) is 11.5. The highest BCUT2D eigenvalue weighted by atomic mass is 32.2. The average Bonchev–Trinajstić information content (AvgIpc) is 2.38. The number of benzene rings is 1. The van der Waals surface area contributed by atoms with Gasteiger partial charge in [0.1, 0.15) is 0 Å². The number of hydrogen-bond donors (Lipinski definition) is 2. The van der Waals surface area contributed by atoms with E-state index < -0.39 is 10.2 Å². The van der Waals surface area contributed by atoms with Crippen LogP contribution < -0.4 is 10.0 Å². The fraction of sp³-hybridized carbons (Fsp3) is 0.500. The zero-order chi connectivity index (χ0) is 14.3. The minimum Gasteiger partial charge on any atom is -0.320 e. The van der Waals surface area contributed by atoms with Gasteiger partial charge in [-0.3, -0.25) is 4.72 Å². The van der Waals surface area contributed by atoms with Gasteiger partial charge in [0.2, 0.25) is 0 Å². The summed E-state index contributed by atoms with van der Waals surface area (Å²) in [5.74, 6) is 0. The van der Waals surface area contributed by atoms with Crippen LogP contribution in [0, 0.1) is 0 Å². The van der Waals surface area contributed by atoms with E-state index in [9.17, 15) is 8.42 Å². The van der Waals surface area contributed by atoms with Crippen molar-refractivity contribution in [3.05, 3.63) is 24.3 Å². The van der Waals surface area contributed by atoms with Gasteiger partial charge in [0, 0.05) is 18.5 Å². The van der Waals surface area contributed by atoms with Gasteiger partial charge in [0.15, 0.2) is 0 Å². The van der Waals surface area contributed by atoms with E-state index >= 15 is 0 Å². The lowest BCUT2D eigenvalue weighted by Gasteiger charge is -2.18. The van der Waals surface area contributed by atoms with Gasteiger partial charge in [-0.25, -0.2) is 0 Å². The topological polar surface area (TPSA) is 61.4 Å². The summed E-state index contributed by atoms with van der Waals surface area (Å²) in [6.07, 6.45) is 2.73. The van der Waals surface area contributed by atoms with Crippen LogP contribution in [0.5, 0.6) is 0 Å². The maximum atomic E-state index is 12.1. The van der Waals surface area contributed by atoms with Crippen molar-refractivity contribution in [2.75, 3.05) is 38.2 Å². The number of anilines is 1. The molecular weight excluding hydrogens is 282 g/mol. The molecular formula is C12H21N3O2S2. The van der Waals surface area contributed by atoms with Gasteiger partial charge >= 0.3 is 10.2 Å². The molecule has 0 aliphatic heterocycles. The number of thioether (sulfide) groups is 1. The lowest BCUT2D eigenvalue weighted by atomic mass is 10.3. The van der Waals surface area contributed by atoms with Crippen LogP contribution in [0.25, 0.3) is 0 Å². The van der Waals surface area contributed by atoms with E-state index in [1.807, 2.05) is 31.5 Å². The molecule has 0 amide bonds. The molecule has 0 fully saturated rings. The number of rotatable bonds is 8. The van der Waals surface area contributed by atoms with Crippen LogP contribution >= 0.6 is 11.8 Å². The molecule has 0 aliphatic carbocycles. The van der Waals surface area contributed by atoms with Crippen LogP contribution in [0.1, 0.15) is 6.42 Å². The molecule has 7 heteroatoms. The fourth-order valence-corrected chi connectivity index (χ4v) is 2.92. The van der Waals surface area contributed by atoms with Crippen molar-refractivity contribution in [3.8, 4) is 0 Å². The first kappa shape index (κ1) is 16.3. The summed E-state index contributed by atoms with van der Waals surface area (Å²) in [4.78, 5) is 1.03.